The second kappa shape index (κ2) is 5.61. The third-order valence-electron chi connectivity index (χ3n) is 4.27. The van der Waals surface area contributed by atoms with E-state index in [0.29, 0.717) is 12.0 Å². The van der Waals surface area contributed by atoms with Gasteiger partial charge in [-0.1, -0.05) is 19.8 Å². The summed E-state index contributed by atoms with van der Waals surface area (Å²) in [6, 6.07) is 5.44. The Labute approximate surface area is 121 Å². The number of rotatable bonds is 3. The van der Waals surface area contributed by atoms with Gasteiger partial charge in [0, 0.05) is 18.8 Å². The molecule has 1 aromatic rings. The smallest absolute Gasteiger partial charge is 0.240 e. The first kappa shape index (κ1) is 15.1. The summed E-state index contributed by atoms with van der Waals surface area (Å²) < 4.78 is 22.7. The molecule has 0 aliphatic heterocycles. The van der Waals surface area contributed by atoms with Crippen LogP contribution in [0.4, 0.5) is 11.4 Å². The van der Waals surface area contributed by atoms with Gasteiger partial charge in [0.2, 0.25) is 10.0 Å². The number of nitrogens with zero attached hydrogens (tertiary/aromatic N) is 1. The fourth-order valence-corrected chi connectivity index (χ4v) is 3.72. The number of benzene rings is 1. The SMILES string of the molecule is CC1CCCCC1N(C)c1ccc(S(N)(=O)=O)c(N)c1. The maximum Gasteiger partial charge on any atom is 0.240 e. The Morgan fingerprint density at radius 3 is 2.45 bits per heavy atom. The van der Waals surface area contributed by atoms with Gasteiger partial charge in [-0.05, 0) is 37.0 Å². The Bertz CT molecular complexity index is 586. The number of hydrogen-bond donors (Lipinski definition) is 2. The highest BCUT2D eigenvalue weighted by Crippen LogP contribution is 2.32. The molecule has 0 heterocycles. The van der Waals surface area contributed by atoms with Crippen LogP contribution in [0.3, 0.4) is 0 Å². The Balaban J connectivity index is 2.27. The van der Waals surface area contributed by atoms with Crippen molar-refractivity contribution in [1.82, 2.24) is 0 Å². The minimum Gasteiger partial charge on any atom is -0.398 e. The molecule has 0 aromatic heterocycles. The van der Waals surface area contributed by atoms with Crippen LogP contribution < -0.4 is 15.8 Å². The molecule has 2 unspecified atom stereocenters. The molecule has 1 saturated carbocycles. The summed E-state index contributed by atoms with van der Waals surface area (Å²) in [5, 5.41) is 5.13. The van der Waals surface area contributed by atoms with Crippen molar-refractivity contribution in [3.05, 3.63) is 18.2 Å². The standard InChI is InChI=1S/C14H23N3O2S/c1-10-5-3-4-6-13(10)17(2)11-7-8-14(12(15)9-11)20(16,18)19/h7-10,13H,3-6,15H2,1-2H3,(H2,16,18,19). The lowest BCUT2D eigenvalue weighted by atomic mass is 9.85. The Morgan fingerprint density at radius 1 is 1.25 bits per heavy atom. The lowest BCUT2D eigenvalue weighted by Crippen LogP contribution is -2.39. The zero-order valence-electron chi connectivity index (χ0n) is 12.0. The van der Waals surface area contributed by atoms with Gasteiger partial charge in [0.1, 0.15) is 4.90 Å². The van der Waals surface area contributed by atoms with Gasteiger partial charge in [0.05, 0.1) is 5.69 Å². The molecule has 112 valence electrons. The van der Waals surface area contributed by atoms with Crippen LogP contribution in [0.5, 0.6) is 0 Å². The molecule has 0 bridgehead atoms. The predicted octanol–water partition coefficient (Wildman–Crippen LogP) is 1.93. The fraction of sp³-hybridized carbons (Fsp3) is 0.571. The van der Waals surface area contributed by atoms with Crippen molar-refractivity contribution in [3.63, 3.8) is 0 Å². The highest BCUT2D eigenvalue weighted by molar-refractivity contribution is 7.89. The zero-order valence-corrected chi connectivity index (χ0v) is 12.9. The Hall–Kier alpha value is -1.27. The highest BCUT2D eigenvalue weighted by Gasteiger charge is 2.25. The summed E-state index contributed by atoms with van der Waals surface area (Å²) >= 11 is 0. The van der Waals surface area contributed by atoms with Crippen LogP contribution in [-0.4, -0.2) is 21.5 Å². The predicted molar refractivity (Wildman–Crippen MR) is 82.1 cm³/mol. The van der Waals surface area contributed by atoms with Crippen LogP contribution in [0, 0.1) is 5.92 Å². The molecular weight excluding hydrogens is 274 g/mol. The van der Waals surface area contributed by atoms with Crippen LogP contribution >= 0.6 is 0 Å². The van der Waals surface area contributed by atoms with Crippen molar-refractivity contribution >= 4 is 21.4 Å². The Morgan fingerprint density at radius 2 is 1.90 bits per heavy atom. The van der Waals surface area contributed by atoms with E-state index in [4.69, 9.17) is 10.9 Å². The van der Waals surface area contributed by atoms with Crippen LogP contribution in [0.2, 0.25) is 0 Å². The molecule has 0 radical (unpaired) electrons. The zero-order chi connectivity index (χ0) is 14.9. The largest absolute Gasteiger partial charge is 0.398 e. The van der Waals surface area contributed by atoms with E-state index in [1.54, 1.807) is 12.1 Å². The van der Waals surface area contributed by atoms with E-state index in [1.807, 2.05) is 7.05 Å². The summed E-state index contributed by atoms with van der Waals surface area (Å²) in [6.07, 6.45) is 4.93. The van der Waals surface area contributed by atoms with E-state index < -0.39 is 10.0 Å². The van der Waals surface area contributed by atoms with E-state index in [2.05, 4.69) is 11.8 Å². The molecule has 2 atom stereocenters. The van der Waals surface area contributed by atoms with E-state index >= 15 is 0 Å². The molecule has 20 heavy (non-hydrogen) atoms. The number of hydrogen-bond acceptors (Lipinski definition) is 4. The highest BCUT2D eigenvalue weighted by atomic mass is 32.2. The first-order chi connectivity index (χ1) is 9.30. The minimum absolute atomic E-state index is 0.00802. The normalized spacial score (nSPS) is 23.6. The van der Waals surface area contributed by atoms with Crippen molar-refractivity contribution < 1.29 is 8.42 Å². The lowest BCUT2D eigenvalue weighted by molar-refractivity contribution is 0.321. The van der Waals surface area contributed by atoms with Crippen molar-refractivity contribution in [2.24, 2.45) is 11.1 Å². The number of anilines is 2. The summed E-state index contributed by atoms with van der Waals surface area (Å²) in [7, 11) is -1.72. The van der Waals surface area contributed by atoms with Crippen molar-refractivity contribution in [2.75, 3.05) is 17.7 Å². The topological polar surface area (TPSA) is 89.4 Å². The monoisotopic (exact) mass is 297 g/mol. The third-order valence-corrected chi connectivity index (χ3v) is 5.26. The third kappa shape index (κ3) is 3.07. The van der Waals surface area contributed by atoms with Gasteiger partial charge in [-0.15, -0.1) is 0 Å². The molecule has 0 amide bonds. The van der Waals surface area contributed by atoms with E-state index in [9.17, 15) is 8.42 Å². The molecule has 6 heteroatoms. The molecule has 1 aliphatic carbocycles. The maximum absolute atomic E-state index is 11.4. The van der Waals surface area contributed by atoms with Gasteiger partial charge in [0.25, 0.3) is 0 Å². The van der Waals surface area contributed by atoms with Crippen LogP contribution in [-0.2, 0) is 10.0 Å². The summed E-state index contributed by atoms with van der Waals surface area (Å²) in [4.78, 5) is 2.19. The van der Waals surface area contributed by atoms with Gasteiger partial charge < -0.3 is 10.6 Å². The number of nitrogen functional groups attached to an aromatic ring is 1. The number of sulfonamides is 1. The second-order valence-corrected chi connectivity index (χ2v) is 7.24. The van der Waals surface area contributed by atoms with E-state index in [1.165, 1.54) is 25.3 Å². The quantitative estimate of drug-likeness (QED) is 0.834. The average molecular weight is 297 g/mol. The second-order valence-electron chi connectivity index (χ2n) is 5.71. The van der Waals surface area contributed by atoms with Crippen LogP contribution in [0.15, 0.2) is 23.1 Å². The van der Waals surface area contributed by atoms with Gasteiger partial charge in [-0.2, -0.15) is 0 Å². The molecule has 5 nitrogen and oxygen atoms in total. The molecule has 1 aromatic carbocycles. The van der Waals surface area contributed by atoms with Crippen molar-refractivity contribution in [1.29, 1.82) is 0 Å². The lowest BCUT2D eigenvalue weighted by Gasteiger charge is -2.37. The number of nitrogens with two attached hydrogens (primary N) is 2. The van der Waals surface area contributed by atoms with Gasteiger partial charge in [-0.25, -0.2) is 13.6 Å². The van der Waals surface area contributed by atoms with Gasteiger partial charge in [-0.3, -0.25) is 0 Å². The molecule has 4 N–H and O–H groups in total. The molecule has 0 spiro atoms. The minimum atomic E-state index is -3.76. The van der Waals surface area contributed by atoms with Crippen LogP contribution in [0.25, 0.3) is 0 Å². The van der Waals surface area contributed by atoms with E-state index in [-0.39, 0.29) is 10.6 Å². The van der Waals surface area contributed by atoms with Crippen molar-refractivity contribution in [2.45, 2.75) is 43.5 Å². The fourth-order valence-electron chi connectivity index (χ4n) is 3.08. The first-order valence-corrected chi connectivity index (χ1v) is 8.50. The molecule has 2 rings (SSSR count). The number of primary sulfonamides is 1. The Kier molecular flexibility index (Phi) is 4.25. The van der Waals surface area contributed by atoms with Gasteiger partial charge in [0.15, 0.2) is 0 Å². The van der Waals surface area contributed by atoms with Crippen LogP contribution in [0.1, 0.15) is 32.6 Å². The first-order valence-electron chi connectivity index (χ1n) is 6.96. The molecule has 1 fully saturated rings. The molecule has 0 saturated heterocycles. The maximum atomic E-state index is 11.4. The van der Waals surface area contributed by atoms with Gasteiger partial charge >= 0.3 is 0 Å². The summed E-state index contributed by atoms with van der Waals surface area (Å²) in [5.41, 5.74) is 6.97. The summed E-state index contributed by atoms with van der Waals surface area (Å²) in [5.74, 6) is 0.632. The molecular formula is C14H23N3O2S. The molecule has 1 aliphatic rings. The van der Waals surface area contributed by atoms with E-state index in [0.717, 1.165) is 12.1 Å². The average Bonchev–Trinajstić information content (AvgIpc) is 2.37. The van der Waals surface area contributed by atoms with Crippen molar-refractivity contribution in [3.8, 4) is 0 Å². The summed E-state index contributed by atoms with van der Waals surface area (Å²) in [6.45, 7) is 2.27.